The van der Waals surface area contributed by atoms with Crippen molar-refractivity contribution in [2.24, 2.45) is 5.92 Å². The second-order valence-corrected chi connectivity index (χ2v) is 6.45. The Labute approximate surface area is 132 Å². The van der Waals surface area contributed by atoms with Gasteiger partial charge in [-0.25, -0.2) is 9.18 Å². The van der Waals surface area contributed by atoms with E-state index in [1.54, 1.807) is 17.9 Å². The second kappa shape index (κ2) is 7.22. The Morgan fingerprint density at radius 1 is 1.57 bits per heavy atom. The van der Waals surface area contributed by atoms with E-state index >= 15 is 0 Å². The van der Waals surface area contributed by atoms with Crippen molar-refractivity contribution in [2.45, 2.75) is 32.2 Å². The van der Waals surface area contributed by atoms with Crippen molar-refractivity contribution in [2.75, 3.05) is 18.5 Å². The molecule has 1 aliphatic rings. The van der Waals surface area contributed by atoms with E-state index in [9.17, 15) is 14.3 Å². The van der Waals surface area contributed by atoms with Gasteiger partial charge in [0.2, 0.25) is 0 Å². The number of rotatable bonds is 5. The Kier molecular flexibility index (Phi) is 5.58. The summed E-state index contributed by atoms with van der Waals surface area (Å²) in [5.41, 5.74) is 0.145. The Balaban J connectivity index is 2.06. The predicted molar refractivity (Wildman–Crippen MR) is 83.7 cm³/mol. The smallest absolute Gasteiger partial charge is 0.322 e. The lowest BCUT2D eigenvalue weighted by molar-refractivity contribution is 0.121. The molecule has 1 saturated carbocycles. The van der Waals surface area contributed by atoms with Gasteiger partial charge in [-0.2, -0.15) is 0 Å². The molecule has 4 nitrogen and oxygen atoms in total. The first kappa shape index (κ1) is 16.2. The van der Waals surface area contributed by atoms with Crippen LogP contribution in [0.1, 0.15) is 26.2 Å². The average Bonchev–Trinajstić information content (AvgIpc) is 2.40. The summed E-state index contributed by atoms with van der Waals surface area (Å²) in [6.45, 7) is 2.28. The highest BCUT2D eigenvalue weighted by atomic mass is 79.9. The Hall–Kier alpha value is -1.14. The molecule has 0 aliphatic heterocycles. The lowest BCUT2D eigenvalue weighted by atomic mass is 9.85. The van der Waals surface area contributed by atoms with Crippen molar-refractivity contribution in [3.63, 3.8) is 0 Å². The molecule has 6 heteroatoms. The summed E-state index contributed by atoms with van der Waals surface area (Å²) >= 11 is 3.18. The summed E-state index contributed by atoms with van der Waals surface area (Å²) in [6.07, 6.45) is 3.40. The summed E-state index contributed by atoms with van der Waals surface area (Å²) in [6, 6.07) is 3.84. The molecule has 0 unspecified atom stereocenters. The number of nitrogens with zero attached hydrogens (tertiary/aromatic N) is 1. The van der Waals surface area contributed by atoms with Crippen LogP contribution >= 0.6 is 15.9 Å². The van der Waals surface area contributed by atoms with Crippen LogP contribution in [0.25, 0.3) is 0 Å². The Bertz CT molecular complexity index is 508. The predicted octanol–water partition coefficient (Wildman–Crippen LogP) is 3.60. The maximum atomic E-state index is 13.8. The van der Waals surface area contributed by atoms with Crippen LogP contribution in [0.4, 0.5) is 14.9 Å². The number of aliphatic hydroxyl groups excluding tert-OH is 1. The van der Waals surface area contributed by atoms with Gasteiger partial charge in [0.1, 0.15) is 5.82 Å². The van der Waals surface area contributed by atoms with E-state index < -0.39 is 5.82 Å². The molecule has 0 saturated heterocycles. The summed E-state index contributed by atoms with van der Waals surface area (Å²) < 4.78 is 14.4. The highest BCUT2D eigenvalue weighted by Gasteiger charge is 2.27. The van der Waals surface area contributed by atoms with E-state index in [-0.39, 0.29) is 24.4 Å². The maximum Gasteiger partial charge on any atom is 0.322 e. The molecule has 2 amide bonds. The molecule has 21 heavy (non-hydrogen) atoms. The summed E-state index contributed by atoms with van der Waals surface area (Å²) in [5.74, 6) is -0.00233. The number of hydrogen-bond donors (Lipinski definition) is 2. The molecular weight excluding hydrogens is 339 g/mol. The Morgan fingerprint density at radius 3 is 2.81 bits per heavy atom. The molecule has 2 N–H and O–H groups in total. The van der Waals surface area contributed by atoms with Crippen molar-refractivity contribution < 1.29 is 14.3 Å². The highest BCUT2D eigenvalue weighted by Crippen LogP contribution is 2.28. The van der Waals surface area contributed by atoms with Crippen LogP contribution in [-0.2, 0) is 0 Å². The molecule has 0 radical (unpaired) electrons. The largest absolute Gasteiger partial charge is 0.394 e. The van der Waals surface area contributed by atoms with E-state index in [0.29, 0.717) is 16.9 Å². The van der Waals surface area contributed by atoms with Crippen molar-refractivity contribution in [3.05, 3.63) is 28.5 Å². The zero-order valence-electron chi connectivity index (χ0n) is 12.0. The molecule has 0 heterocycles. The number of nitrogens with one attached hydrogen (secondary N) is 1. The zero-order valence-corrected chi connectivity index (χ0v) is 13.6. The SMILES string of the molecule is C[C@H](CO)N(CC1CCC1)C(=O)Nc1ccc(Br)cc1F. The van der Waals surface area contributed by atoms with E-state index in [0.717, 1.165) is 12.8 Å². The van der Waals surface area contributed by atoms with E-state index in [4.69, 9.17) is 0 Å². The van der Waals surface area contributed by atoms with Gasteiger partial charge in [-0.05, 0) is 43.9 Å². The minimum Gasteiger partial charge on any atom is -0.394 e. The summed E-state index contributed by atoms with van der Waals surface area (Å²) in [7, 11) is 0. The number of hydrogen-bond acceptors (Lipinski definition) is 2. The average molecular weight is 359 g/mol. The minimum absolute atomic E-state index is 0.108. The fourth-order valence-corrected chi connectivity index (χ4v) is 2.63. The second-order valence-electron chi connectivity index (χ2n) is 5.54. The summed E-state index contributed by atoms with van der Waals surface area (Å²) in [5, 5.41) is 11.9. The molecule has 1 aliphatic carbocycles. The number of anilines is 1. The van der Waals surface area contributed by atoms with E-state index in [2.05, 4.69) is 21.2 Å². The molecule has 1 fully saturated rings. The van der Waals surface area contributed by atoms with E-state index in [1.807, 2.05) is 0 Å². The van der Waals surface area contributed by atoms with Gasteiger partial charge in [-0.15, -0.1) is 0 Å². The Morgan fingerprint density at radius 2 is 2.29 bits per heavy atom. The lowest BCUT2D eigenvalue weighted by Crippen LogP contribution is -2.46. The lowest BCUT2D eigenvalue weighted by Gasteiger charge is -2.35. The van der Waals surface area contributed by atoms with Gasteiger partial charge in [0.25, 0.3) is 0 Å². The monoisotopic (exact) mass is 358 g/mol. The van der Waals surface area contributed by atoms with Crippen molar-refractivity contribution in [3.8, 4) is 0 Å². The maximum absolute atomic E-state index is 13.8. The third-order valence-corrected chi connectivity index (χ3v) is 4.40. The van der Waals surface area contributed by atoms with Gasteiger partial charge in [0.05, 0.1) is 18.3 Å². The molecule has 1 aromatic rings. The van der Waals surface area contributed by atoms with Gasteiger partial charge >= 0.3 is 6.03 Å². The number of urea groups is 1. The quantitative estimate of drug-likeness (QED) is 0.844. The molecule has 0 bridgehead atoms. The molecular formula is C15H20BrFN2O2. The fourth-order valence-electron chi connectivity index (χ4n) is 2.29. The third-order valence-electron chi connectivity index (χ3n) is 3.91. The van der Waals surface area contributed by atoms with Gasteiger partial charge in [-0.3, -0.25) is 0 Å². The molecule has 0 spiro atoms. The van der Waals surface area contributed by atoms with Gasteiger partial charge in [0.15, 0.2) is 0 Å². The van der Waals surface area contributed by atoms with Crippen molar-refractivity contribution in [1.29, 1.82) is 0 Å². The third kappa shape index (κ3) is 4.17. The van der Waals surface area contributed by atoms with Crippen LogP contribution < -0.4 is 5.32 Å². The zero-order chi connectivity index (χ0) is 15.4. The molecule has 1 atom stereocenters. The fraction of sp³-hybridized carbons (Fsp3) is 0.533. The van der Waals surface area contributed by atoms with Crippen LogP contribution in [0.5, 0.6) is 0 Å². The number of halogens is 2. The normalized spacial score (nSPS) is 16.2. The van der Waals surface area contributed by atoms with Crippen LogP contribution in [0.2, 0.25) is 0 Å². The van der Waals surface area contributed by atoms with E-state index in [1.165, 1.54) is 18.6 Å². The van der Waals surface area contributed by atoms with Crippen LogP contribution in [-0.4, -0.2) is 35.2 Å². The standard InChI is InChI=1S/C15H20BrFN2O2/c1-10(9-20)19(8-11-3-2-4-11)15(21)18-14-6-5-12(16)7-13(14)17/h5-7,10-11,20H,2-4,8-9H2,1H3,(H,18,21)/t10-/m1/s1. The molecule has 0 aromatic heterocycles. The van der Waals surface area contributed by atoms with Crippen LogP contribution in [0.3, 0.4) is 0 Å². The highest BCUT2D eigenvalue weighted by molar-refractivity contribution is 9.10. The number of benzene rings is 1. The molecule has 2 rings (SSSR count). The van der Waals surface area contributed by atoms with Crippen LogP contribution in [0.15, 0.2) is 22.7 Å². The topological polar surface area (TPSA) is 52.6 Å². The first-order chi connectivity index (χ1) is 10.0. The number of amides is 2. The van der Waals surface area contributed by atoms with Gasteiger partial charge in [-0.1, -0.05) is 22.4 Å². The molecule has 1 aromatic carbocycles. The van der Waals surface area contributed by atoms with Crippen LogP contribution in [0, 0.1) is 11.7 Å². The van der Waals surface area contributed by atoms with Crippen molar-refractivity contribution >= 4 is 27.6 Å². The number of carbonyl (C=O) groups excluding carboxylic acids is 1. The first-order valence-corrected chi connectivity index (χ1v) is 7.94. The van der Waals surface area contributed by atoms with Gasteiger partial charge < -0.3 is 15.3 Å². The number of carbonyl (C=O) groups is 1. The first-order valence-electron chi connectivity index (χ1n) is 7.14. The minimum atomic E-state index is -0.488. The van der Waals surface area contributed by atoms with Crippen molar-refractivity contribution in [1.82, 2.24) is 4.90 Å². The number of aliphatic hydroxyl groups is 1. The molecule has 116 valence electrons. The van der Waals surface area contributed by atoms with Gasteiger partial charge in [0, 0.05) is 11.0 Å². The summed E-state index contributed by atoms with van der Waals surface area (Å²) in [4.78, 5) is 13.9.